The topological polar surface area (TPSA) is 121 Å². The molecule has 2 N–H and O–H groups in total. The number of nitrogens with one attached hydrogen (secondary N) is 1. The van der Waals surface area contributed by atoms with Gasteiger partial charge in [-0.2, -0.15) is 15.8 Å². The van der Waals surface area contributed by atoms with Crippen LogP contribution in [0, 0.1) is 50.7 Å². The number of amides is 1. The first-order valence-corrected chi connectivity index (χ1v) is 5.18. The third kappa shape index (κ3) is 1.02. The van der Waals surface area contributed by atoms with Crippen molar-refractivity contribution in [2.24, 2.45) is 16.7 Å². The first-order valence-electron chi connectivity index (χ1n) is 5.18. The zero-order valence-electron chi connectivity index (χ0n) is 9.19. The number of rotatable bonds is 0. The molecule has 86 valence electrons. The summed E-state index contributed by atoms with van der Waals surface area (Å²) in [5.74, 6) is -1.29. The van der Waals surface area contributed by atoms with Gasteiger partial charge < -0.3 is 10.4 Å². The van der Waals surface area contributed by atoms with Crippen LogP contribution < -0.4 is 5.32 Å². The van der Waals surface area contributed by atoms with Gasteiger partial charge in [0.15, 0.2) is 10.8 Å². The monoisotopic (exact) mass is 230 g/mol. The predicted octanol–water partition coefficient (Wildman–Crippen LogP) is -0.222. The molecule has 2 aliphatic rings. The van der Waals surface area contributed by atoms with Crippen molar-refractivity contribution in [3.8, 4) is 18.2 Å². The summed E-state index contributed by atoms with van der Waals surface area (Å²) in [6, 6.07) is 5.45. The van der Waals surface area contributed by atoms with Gasteiger partial charge in [0.25, 0.3) is 0 Å². The number of carbonyl (C=O) groups is 1. The average Bonchev–Trinajstić information content (AvgIpc) is 2.50. The van der Waals surface area contributed by atoms with Gasteiger partial charge in [-0.3, -0.25) is 4.79 Å². The van der Waals surface area contributed by atoms with Crippen LogP contribution in [0.2, 0.25) is 0 Å². The quantitative estimate of drug-likeness (QED) is 0.595. The van der Waals surface area contributed by atoms with Gasteiger partial charge in [0.2, 0.25) is 5.91 Å². The summed E-state index contributed by atoms with van der Waals surface area (Å²) in [4.78, 5) is 11.9. The van der Waals surface area contributed by atoms with Crippen molar-refractivity contribution >= 4 is 5.91 Å². The van der Waals surface area contributed by atoms with Gasteiger partial charge in [0, 0.05) is 12.8 Å². The Morgan fingerprint density at radius 2 is 1.94 bits per heavy atom. The molecule has 6 heteroatoms. The lowest BCUT2D eigenvalue weighted by Crippen LogP contribution is -2.52. The van der Waals surface area contributed by atoms with Crippen LogP contribution in [0.5, 0.6) is 0 Å². The van der Waals surface area contributed by atoms with Crippen molar-refractivity contribution < 1.29 is 9.90 Å². The van der Waals surface area contributed by atoms with Gasteiger partial charge in [-0.1, -0.05) is 6.92 Å². The molecule has 1 saturated heterocycles. The van der Waals surface area contributed by atoms with E-state index in [9.17, 15) is 25.7 Å². The summed E-state index contributed by atoms with van der Waals surface area (Å²) in [6.07, 6.45) is -0.107. The second-order valence-corrected chi connectivity index (χ2v) is 4.82. The molecule has 0 aromatic heterocycles. The van der Waals surface area contributed by atoms with E-state index in [-0.39, 0.29) is 12.8 Å². The Morgan fingerprint density at radius 1 is 1.35 bits per heavy atom. The van der Waals surface area contributed by atoms with Gasteiger partial charge in [-0.25, -0.2) is 0 Å². The Morgan fingerprint density at radius 3 is 2.41 bits per heavy atom. The molecule has 3 atom stereocenters. The minimum Gasteiger partial charge on any atom is -0.371 e. The second-order valence-electron chi connectivity index (χ2n) is 4.82. The molecular formula is C11H10N4O2. The van der Waals surface area contributed by atoms with E-state index in [1.165, 1.54) is 0 Å². The molecule has 2 bridgehead atoms. The highest BCUT2D eigenvalue weighted by Crippen LogP contribution is 2.58. The number of hydrogen-bond acceptors (Lipinski definition) is 5. The number of aliphatic hydroxyl groups is 1. The van der Waals surface area contributed by atoms with Crippen LogP contribution >= 0.6 is 0 Å². The summed E-state index contributed by atoms with van der Waals surface area (Å²) in [5, 5.41) is 40.1. The van der Waals surface area contributed by atoms with Crippen molar-refractivity contribution in [2.45, 2.75) is 25.5 Å². The Labute approximate surface area is 98.1 Å². The number of nitriles is 3. The van der Waals surface area contributed by atoms with E-state index in [1.54, 1.807) is 13.0 Å². The highest BCUT2D eigenvalue weighted by atomic mass is 16.3. The standard InChI is InChI=1S/C11H10N4O2/c1-7-2-11(17)3-9(4-12,8(16)15-11)10(7,5-13)6-14/h7,17H,2-3H2,1H3,(H,15,16). The Bertz CT molecular complexity index is 509. The smallest absolute Gasteiger partial charge is 0.245 e. The number of fused-ring (bicyclic) bond motifs is 2. The maximum Gasteiger partial charge on any atom is 0.245 e. The minimum absolute atomic E-state index is 0.100. The van der Waals surface area contributed by atoms with Crippen molar-refractivity contribution in [2.75, 3.05) is 0 Å². The molecule has 0 radical (unpaired) electrons. The molecule has 0 spiro atoms. The van der Waals surface area contributed by atoms with E-state index in [4.69, 9.17) is 0 Å². The average molecular weight is 230 g/mol. The van der Waals surface area contributed by atoms with Gasteiger partial charge in [-0.15, -0.1) is 0 Å². The van der Waals surface area contributed by atoms with E-state index in [0.717, 1.165) is 0 Å². The van der Waals surface area contributed by atoms with E-state index in [0.29, 0.717) is 0 Å². The third-order valence-corrected chi connectivity index (χ3v) is 3.89. The van der Waals surface area contributed by atoms with Crippen molar-refractivity contribution in [3.63, 3.8) is 0 Å². The van der Waals surface area contributed by atoms with Crippen LogP contribution in [0.1, 0.15) is 19.8 Å². The van der Waals surface area contributed by atoms with Crippen molar-refractivity contribution in [3.05, 3.63) is 0 Å². The highest BCUT2D eigenvalue weighted by Gasteiger charge is 2.72. The molecule has 6 nitrogen and oxygen atoms in total. The van der Waals surface area contributed by atoms with Crippen LogP contribution in [0.3, 0.4) is 0 Å². The maximum absolute atomic E-state index is 11.9. The molecule has 1 aliphatic carbocycles. The molecule has 0 aromatic rings. The van der Waals surface area contributed by atoms with Crippen LogP contribution in [-0.2, 0) is 4.79 Å². The van der Waals surface area contributed by atoms with Crippen LogP contribution in [-0.4, -0.2) is 16.7 Å². The molecule has 1 heterocycles. The van der Waals surface area contributed by atoms with Crippen LogP contribution in [0.25, 0.3) is 0 Å². The molecular weight excluding hydrogens is 220 g/mol. The molecule has 2 fully saturated rings. The number of carbonyl (C=O) groups excluding carboxylic acids is 1. The molecule has 17 heavy (non-hydrogen) atoms. The summed E-state index contributed by atoms with van der Waals surface area (Å²) in [6.45, 7) is 1.60. The summed E-state index contributed by atoms with van der Waals surface area (Å²) < 4.78 is 0. The summed E-state index contributed by atoms with van der Waals surface area (Å²) >= 11 is 0. The second kappa shape index (κ2) is 2.97. The van der Waals surface area contributed by atoms with Gasteiger partial charge in [0.05, 0.1) is 18.2 Å². The summed E-state index contributed by atoms with van der Waals surface area (Å²) in [7, 11) is 0. The molecule has 1 saturated carbocycles. The maximum atomic E-state index is 11.9. The molecule has 1 aliphatic heterocycles. The number of nitrogens with zero attached hydrogens (tertiary/aromatic N) is 3. The van der Waals surface area contributed by atoms with E-state index >= 15 is 0 Å². The molecule has 1 amide bonds. The van der Waals surface area contributed by atoms with Gasteiger partial charge in [-0.05, 0) is 5.92 Å². The minimum atomic E-state index is -1.77. The lowest BCUT2D eigenvalue weighted by molar-refractivity contribution is -0.128. The third-order valence-electron chi connectivity index (χ3n) is 3.89. The van der Waals surface area contributed by atoms with Crippen LogP contribution in [0.4, 0.5) is 0 Å². The lowest BCUT2D eigenvalue weighted by Gasteiger charge is -2.42. The zero-order chi connectivity index (χ0) is 12.9. The Balaban J connectivity index is 2.72. The van der Waals surface area contributed by atoms with Crippen molar-refractivity contribution in [1.82, 2.24) is 5.32 Å². The van der Waals surface area contributed by atoms with Crippen molar-refractivity contribution in [1.29, 1.82) is 15.8 Å². The van der Waals surface area contributed by atoms with E-state index in [1.807, 2.05) is 12.1 Å². The Hall–Kier alpha value is -2.10. The fourth-order valence-electron chi connectivity index (χ4n) is 3.02. The largest absolute Gasteiger partial charge is 0.371 e. The molecule has 2 rings (SSSR count). The van der Waals surface area contributed by atoms with Gasteiger partial charge in [0.1, 0.15) is 5.72 Å². The van der Waals surface area contributed by atoms with Crippen LogP contribution in [0.15, 0.2) is 0 Å². The zero-order valence-corrected chi connectivity index (χ0v) is 9.19. The molecule has 3 unspecified atom stereocenters. The van der Waals surface area contributed by atoms with E-state index in [2.05, 4.69) is 5.32 Å². The fraction of sp³-hybridized carbons (Fsp3) is 0.636. The normalized spacial score (nSPS) is 41.8. The van der Waals surface area contributed by atoms with Gasteiger partial charge >= 0.3 is 0 Å². The molecule has 0 aromatic carbocycles. The first-order chi connectivity index (χ1) is 7.89. The highest BCUT2D eigenvalue weighted by molar-refractivity contribution is 5.91. The fourth-order valence-corrected chi connectivity index (χ4v) is 3.02. The SMILES string of the molecule is CC1CC2(O)CC(C#N)(C(=O)N2)C1(C#N)C#N. The first kappa shape index (κ1) is 11.4. The summed E-state index contributed by atoms with van der Waals surface area (Å²) in [5.41, 5.74) is -4.94. The van der Waals surface area contributed by atoms with E-state index < -0.39 is 28.4 Å². The lowest BCUT2D eigenvalue weighted by atomic mass is 9.53. The number of hydrogen-bond donors (Lipinski definition) is 2. The predicted molar refractivity (Wildman–Crippen MR) is 53.2 cm³/mol. The Kier molecular flexibility index (Phi) is 1.99.